The Balaban J connectivity index is 2.46. The van der Waals surface area contributed by atoms with Gasteiger partial charge in [-0.15, -0.1) is 0 Å². The zero-order valence-corrected chi connectivity index (χ0v) is 9.77. The summed E-state index contributed by atoms with van der Waals surface area (Å²) in [6, 6.07) is 4.03. The molecule has 0 bridgehead atoms. The minimum atomic E-state index is -0.0399. The van der Waals surface area contributed by atoms with E-state index in [1.165, 1.54) is 5.56 Å². The fourth-order valence-electron chi connectivity index (χ4n) is 1.64. The lowest BCUT2D eigenvalue weighted by Crippen LogP contribution is -2.33. The minimum absolute atomic E-state index is 0.0399. The molecule has 1 aromatic rings. The molecule has 3 nitrogen and oxygen atoms in total. The Morgan fingerprint density at radius 2 is 1.93 bits per heavy atom. The number of rotatable bonds is 5. The van der Waals surface area contributed by atoms with Crippen molar-refractivity contribution in [1.82, 2.24) is 9.88 Å². The molecule has 3 heteroatoms. The Hall–Kier alpha value is -0.930. The Labute approximate surface area is 91.8 Å². The Morgan fingerprint density at radius 3 is 2.47 bits per heavy atom. The van der Waals surface area contributed by atoms with Crippen LogP contribution >= 0.6 is 0 Å². The average Bonchev–Trinajstić information content (AvgIpc) is 2.18. The van der Waals surface area contributed by atoms with Gasteiger partial charge in [-0.3, -0.25) is 4.98 Å². The fourth-order valence-corrected chi connectivity index (χ4v) is 1.64. The van der Waals surface area contributed by atoms with E-state index in [2.05, 4.69) is 30.8 Å². The second kappa shape index (κ2) is 5.24. The molecule has 0 radical (unpaired) electrons. The third kappa shape index (κ3) is 4.40. The summed E-state index contributed by atoms with van der Waals surface area (Å²) in [5.41, 5.74) is 1.21. The van der Waals surface area contributed by atoms with Crippen molar-refractivity contribution >= 4 is 0 Å². The normalized spacial score (nSPS) is 12.1. The summed E-state index contributed by atoms with van der Waals surface area (Å²) < 4.78 is 0. The maximum atomic E-state index is 9.17. The molecular weight excluding hydrogens is 188 g/mol. The molecule has 1 heterocycles. The quantitative estimate of drug-likeness (QED) is 0.797. The average molecular weight is 208 g/mol. The molecule has 15 heavy (non-hydrogen) atoms. The van der Waals surface area contributed by atoms with Crippen LogP contribution in [0.1, 0.15) is 19.4 Å². The number of hydrogen-bond acceptors (Lipinski definition) is 3. The molecule has 0 aliphatic heterocycles. The molecule has 0 aromatic carbocycles. The van der Waals surface area contributed by atoms with Crippen molar-refractivity contribution in [3.8, 4) is 0 Å². The predicted molar refractivity (Wildman–Crippen MR) is 61.4 cm³/mol. The molecule has 0 saturated heterocycles. The van der Waals surface area contributed by atoms with Crippen molar-refractivity contribution in [2.45, 2.75) is 20.4 Å². The Morgan fingerprint density at radius 1 is 1.33 bits per heavy atom. The van der Waals surface area contributed by atoms with Gasteiger partial charge in [0.15, 0.2) is 0 Å². The van der Waals surface area contributed by atoms with Crippen molar-refractivity contribution in [3.63, 3.8) is 0 Å². The first-order valence-corrected chi connectivity index (χ1v) is 5.22. The second-order valence-corrected chi connectivity index (χ2v) is 4.85. The molecule has 0 fully saturated rings. The van der Waals surface area contributed by atoms with Crippen LogP contribution in [0.2, 0.25) is 0 Å². The molecule has 1 aromatic heterocycles. The zero-order valence-electron chi connectivity index (χ0n) is 9.77. The number of nitrogens with zero attached hydrogens (tertiary/aromatic N) is 2. The van der Waals surface area contributed by atoms with Crippen LogP contribution in [-0.4, -0.2) is 35.2 Å². The van der Waals surface area contributed by atoms with E-state index in [1.54, 1.807) is 12.4 Å². The van der Waals surface area contributed by atoms with Crippen molar-refractivity contribution in [2.24, 2.45) is 5.41 Å². The van der Waals surface area contributed by atoms with Crippen LogP contribution < -0.4 is 0 Å². The van der Waals surface area contributed by atoms with Crippen LogP contribution in [0.5, 0.6) is 0 Å². The van der Waals surface area contributed by atoms with E-state index in [-0.39, 0.29) is 12.0 Å². The van der Waals surface area contributed by atoms with Gasteiger partial charge in [-0.1, -0.05) is 13.8 Å². The molecule has 1 N–H and O–H groups in total. The molecule has 0 amide bonds. The van der Waals surface area contributed by atoms with Crippen molar-refractivity contribution < 1.29 is 5.11 Å². The number of aliphatic hydroxyl groups excluding tert-OH is 1. The van der Waals surface area contributed by atoms with E-state index in [9.17, 15) is 5.11 Å². The van der Waals surface area contributed by atoms with Crippen molar-refractivity contribution in [3.05, 3.63) is 30.1 Å². The van der Waals surface area contributed by atoms with Crippen LogP contribution in [0.15, 0.2) is 24.5 Å². The zero-order chi connectivity index (χ0) is 11.3. The van der Waals surface area contributed by atoms with Gasteiger partial charge in [-0.05, 0) is 24.7 Å². The molecule has 1 rings (SSSR count). The van der Waals surface area contributed by atoms with E-state index in [0.29, 0.717) is 0 Å². The van der Waals surface area contributed by atoms with Gasteiger partial charge in [-0.25, -0.2) is 0 Å². The number of aromatic nitrogens is 1. The van der Waals surface area contributed by atoms with E-state index < -0.39 is 0 Å². The van der Waals surface area contributed by atoms with Gasteiger partial charge in [0.2, 0.25) is 0 Å². The van der Waals surface area contributed by atoms with Crippen LogP contribution in [0.4, 0.5) is 0 Å². The second-order valence-electron chi connectivity index (χ2n) is 4.85. The van der Waals surface area contributed by atoms with E-state index in [4.69, 9.17) is 0 Å². The first-order valence-electron chi connectivity index (χ1n) is 5.22. The highest BCUT2D eigenvalue weighted by Gasteiger charge is 2.18. The third-order valence-corrected chi connectivity index (χ3v) is 2.33. The summed E-state index contributed by atoms with van der Waals surface area (Å²) in [5, 5.41) is 9.17. The molecule has 0 atom stereocenters. The summed E-state index contributed by atoms with van der Waals surface area (Å²) in [6.45, 7) is 6.12. The van der Waals surface area contributed by atoms with Crippen molar-refractivity contribution in [1.29, 1.82) is 0 Å². The lowest BCUT2D eigenvalue weighted by Gasteiger charge is -2.28. The SMILES string of the molecule is CN(Cc1ccncc1)CC(C)(C)CO. The lowest BCUT2D eigenvalue weighted by atomic mass is 9.94. The highest BCUT2D eigenvalue weighted by Crippen LogP contribution is 2.16. The number of aliphatic hydroxyl groups is 1. The minimum Gasteiger partial charge on any atom is -0.396 e. The first-order chi connectivity index (χ1) is 7.03. The summed E-state index contributed by atoms with van der Waals surface area (Å²) in [7, 11) is 2.07. The van der Waals surface area contributed by atoms with Gasteiger partial charge in [0.25, 0.3) is 0 Å². The van der Waals surface area contributed by atoms with Gasteiger partial charge in [0.1, 0.15) is 0 Å². The number of pyridine rings is 1. The van der Waals surface area contributed by atoms with Crippen LogP contribution in [0.25, 0.3) is 0 Å². The van der Waals surface area contributed by atoms with E-state index >= 15 is 0 Å². The van der Waals surface area contributed by atoms with Gasteiger partial charge in [0, 0.05) is 37.5 Å². The maximum absolute atomic E-state index is 9.17. The molecule has 0 spiro atoms. The summed E-state index contributed by atoms with van der Waals surface area (Å²) in [6.07, 6.45) is 3.61. The van der Waals surface area contributed by atoms with Gasteiger partial charge >= 0.3 is 0 Å². The highest BCUT2D eigenvalue weighted by molar-refractivity contribution is 5.09. The fraction of sp³-hybridized carbons (Fsp3) is 0.583. The number of hydrogen-bond donors (Lipinski definition) is 1. The van der Waals surface area contributed by atoms with Crippen LogP contribution in [0.3, 0.4) is 0 Å². The van der Waals surface area contributed by atoms with Crippen LogP contribution in [-0.2, 0) is 6.54 Å². The van der Waals surface area contributed by atoms with Gasteiger partial charge in [-0.2, -0.15) is 0 Å². The molecule has 0 aliphatic rings. The molecule has 84 valence electrons. The molecule has 0 aliphatic carbocycles. The smallest absolute Gasteiger partial charge is 0.0494 e. The monoisotopic (exact) mass is 208 g/mol. The Kier molecular flexibility index (Phi) is 4.24. The lowest BCUT2D eigenvalue weighted by molar-refractivity contribution is 0.112. The summed E-state index contributed by atoms with van der Waals surface area (Å²) in [4.78, 5) is 6.20. The molecule has 0 saturated carbocycles. The topological polar surface area (TPSA) is 36.4 Å². The van der Waals surface area contributed by atoms with E-state index in [0.717, 1.165) is 13.1 Å². The van der Waals surface area contributed by atoms with Gasteiger partial charge < -0.3 is 10.0 Å². The van der Waals surface area contributed by atoms with Crippen molar-refractivity contribution in [2.75, 3.05) is 20.2 Å². The van der Waals surface area contributed by atoms with Crippen LogP contribution in [0, 0.1) is 5.41 Å². The highest BCUT2D eigenvalue weighted by atomic mass is 16.3. The summed E-state index contributed by atoms with van der Waals surface area (Å²) in [5.74, 6) is 0. The van der Waals surface area contributed by atoms with E-state index in [1.807, 2.05) is 12.1 Å². The first kappa shape index (κ1) is 12.1. The molecule has 0 unspecified atom stereocenters. The molecular formula is C12H20N2O. The third-order valence-electron chi connectivity index (χ3n) is 2.33. The summed E-state index contributed by atoms with van der Waals surface area (Å²) >= 11 is 0. The largest absolute Gasteiger partial charge is 0.396 e. The predicted octanol–water partition coefficient (Wildman–Crippen LogP) is 1.53. The standard InChI is InChI=1S/C12H20N2O/c1-12(2,10-15)9-14(3)8-11-4-6-13-7-5-11/h4-7,15H,8-10H2,1-3H3. The maximum Gasteiger partial charge on any atom is 0.0494 e. The Bertz CT molecular complexity index is 285. The van der Waals surface area contributed by atoms with Gasteiger partial charge in [0.05, 0.1) is 0 Å².